The number of unbranched alkanes of at least 4 members (excludes halogenated alkanes) is 5. The number of hydrogen-bond donors (Lipinski definition) is 1. The third kappa shape index (κ3) is 12.8. The molecule has 0 aliphatic rings. The summed E-state index contributed by atoms with van der Waals surface area (Å²) < 4.78 is 0. The van der Waals surface area contributed by atoms with Crippen molar-refractivity contribution >= 4 is 17.7 Å². The minimum absolute atomic E-state index is 0.134. The summed E-state index contributed by atoms with van der Waals surface area (Å²) >= 11 is 1.83. The van der Waals surface area contributed by atoms with Crippen LogP contribution in [0.15, 0.2) is 0 Å². The van der Waals surface area contributed by atoms with Gasteiger partial charge in [-0.25, -0.2) is 0 Å². The average Bonchev–Trinajstić information content (AvgIpc) is 2.39. The van der Waals surface area contributed by atoms with Crippen molar-refractivity contribution in [3.63, 3.8) is 0 Å². The van der Waals surface area contributed by atoms with Gasteiger partial charge in [0, 0.05) is 5.75 Å². The van der Waals surface area contributed by atoms with Crippen molar-refractivity contribution in [2.45, 2.75) is 78.6 Å². The van der Waals surface area contributed by atoms with E-state index in [2.05, 4.69) is 20.8 Å². The Morgan fingerprint density at radius 3 is 2.25 bits per heavy atom. The molecule has 2 nitrogen and oxygen atoms in total. The standard InChI is InChI=1S/C17H34O2S/c1-4-5-6-10-13-20-14-16(17(18)19)12-9-7-8-11-15(2)3/h15-16H,4-14H2,1-3H3,(H,18,19). The second-order valence-corrected chi connectivity index (χ2v) is 7.35. The molecule has 0 aliphatic carbocycles. The van der Waals surface area contributed by atoms with E-state index in [1.54, 1.807) is 0 Å². The molecule has 0 bridgehead atoms. The van der Waals surface area contributed by atoms with Gasteiger partial charge in [-0.05, 0) is 24.5 Å². The van der Waals surface area contributed by atoms with Crippen molar-refractivity contribution in [3.05, 3.63) is 0 Å². The van der Waals surface area contributed by atoms with Gasteiger partial charge in [-0.1, -0.05) is 65.7 Å². The summed E-state index contributed by atoms with van der Waals surface area (Å²) in [6.07, 6.45) is 10.7. The zero-order valence-electron chi connectivity index (χ0n) is 13.7. The Hall–Kier alpha value is -0.180. The van der Waals surface area contributed by atoms with E-state index in [0.717, 1.165) is 30.3 Å². The van der Waals surface area contributed by atoms with E-state index in [9.17, 15) is 9.90 Å². The SMILES string of the molecule is CCCCCCSCC(CCCCCC(C)C)C(=O)O. The molecule has 1 atom stereocenters. The molecule has 0 spiro atoms. The van der Waals surface area contributed by atoms with Crippen LogP contribution in [-0.4, -0.2) is 22.6 Å². The summed E-state index contributed by atoms with van der Waals surface area (Å²) in [6.45, 7) is 6.71. The van der Waals surface area contributed by atoms with Crippen LogP contribution in [0, 0.1) is 11.8 Å². The Labute approximate surface area is 130 Å². The van der Waals surface area contributed by atoms with E-state index in [0.29, 0.717) is 0 Å². The molecule has 0 rings (SSSR count). The molecule has 0 aromatic carbocycles. The molecule has 0 aromatic rings. The molecule has 0 saturated carbocycles. The number of rotatable bonds is 14. The molecular weight excluding hydrogens is 268 g/mol. The summed E-state index contributed by atoms with van der Waals surface area (Å²) in [6, 6.07) is 0. The molecule has 0 heterocycles. The third-order valence-corrected chi connectivity index (χ3v) is 4.86. The molecule has 120 valence electrons. The Kier molecular flexibility index (Phi) is 13.7. The first-order valence-electron chi connectivity index (χ1n) is 8.38. The van der Waals surface area contributed by atoms with Gasteiger partial charge in [0.15, 0.2) is 0 Å². The van der Waals surface area contributed by atoms with Gasteiger partial charge >= 0.3 is 5.97 Å². The molecule has 0 fully saturated rings. The smallest absolute Gasteiger partial charge is 0.307 e. The van der Waals surface area contributed by atoms with Gasteiger partial charge in [-0.15, -0.1) is 0 Å². The van der Waals surface area contributed by atoms with Crippen molar-refractivity contribution in [2.24, 2.45) is 11.8 Å². The average molecular weight is 303 g/mol. The molecule has 0 saturated heterocycles. The van der Waals surface area contributed by atoms with Gasteiger partial charge in [-0.2, -0.15) is 11.8 Å². The van der Waals surface area contributed by atoms with E-state index in [1.807, 2.05) is 11.8 Å². The van der Waals surface area contributed by atoms with Crippen LogP contribution in [0.4, 0.5) is 0 Å². The molecule has 1 N–H and O–H groups in total. The molecular formula is C17H34O2S. The van der Waals surface area contributed by atoms with E-state index in [1.165, 1.54) is 44.9 Å². The number of carboxylic acid groups (broad SMARTS) is 1. The van der Waals surface area contributed by atoms with E-state index >= 15 is 0 Å². The lowest BCUT2D eigenvalue weighted by Gasteiger charge is -2.12. The first-order valence-corrected chi connectivity index (χ1v) is 9.54. The van der Waals surface area contributed by atoms with Crippen LogP contribution in [-0.2, 0) is 4.79 Å². The summed E-state index contributed by atoms with van der Waals surface area (Å²) in [5.74, 6) is 1.95. The van der Waals surface area contributed by atoms with E-state index < -0.39 is 5.97 Å². The summed E-state index contributed by atoms with van der Waals surface area (Å²) in [5.41, 5.74) is 0. The lowest BCUT2D eigenvalue weighted by Crippen LogP contribution is -2.16. The van der Waals surface area contributed by atoms with Gasteiger partial charge in [0.25, 0.3) is 0 Å². The second kappa shape index (κ2) is 13.8. The number of carboxylic acids is 1. The predicted octanol–water partition coefficient (Wildman–Crippen LogP) is 5.61. The Morgan fingerprint density at radius 2 is 1.65 bits per heavy atom. The number of carbonyl (C=O) groups is 1. The topological polar surface area (TPSA) is 37.3 Å². The Bertz CT molecular complexity index is 229. The Balaban J connectivity index is 3.58. The molecule has 0 radical (unpaired) electrons. The van der Waals surface area contributed by atoms with Crippen molar-refractivity contribution in [2.75, 3.05) is 11.5 Å². The first kappa shape index (κ1) is 19.8. The van der Waals surface area contributed by atoms with Crippen molar-refractivity contribution < 1.29 is 9.90 Å². The van der Waals surface area contributed by atoms with E-state index in [4.69, 9.17) is 0 Å². The van der Waals surface area contributed by atoms with Crippen molar-refractivity contribution in [1.29, 1.82) is 0 Å². The van der Waals surface area contributed by atoms with Gasteiger partial charge in [0.2, 0.25) is 0 Å². The fourth-order valence-electron chi connectivity index (χ4n) is 2.25. The molecule has 3 heteroatoms. The lowest BCUT2D eigenvalue weighted by atomic mass is 10.0. The zero-order valence-corrected chi connectivity index (χ0v) is 14.5. The van der Waals surface area contributed by atoms with Crippen LogP contribution in [0.3, 0.4) is 0 Å². The van der Waals surface area contributed by atoms with Crippen LogP contribution >= 0.6 is 11.8 Å². The third-order valence-electron chi connectivity index (χ3n) is 3.64. The molecule has 0 amide bonds. The largest absolute Gasteiger partial charge is 0.481 e. The molecule has 1 unspecified atom stereocenters. The van der Waals surface area contributed by atoms with E-state index in [-0.39, 0.29) is 5.92 Å². The summed E-state index contributed by atoms with van der Waals surface area (Å²) in [7, 11) is 0. The fourth-order valence-corrected chi connectivity index (χ4v) is 3.42. The maximum Gasteiger partial charge on any atom is 0.307 e. The van der Waals surface area contributed by atoms with Crippen LogP contribution < -0.4 is 0 Å². The summed E-state index contributed by atoms with van der Waals surface area (Å²) in [5, 5.41) is 9.25. The summed E-state index contributed by atoms with van der Waals surface area (Å²) in [4.78, 5) is 11.2. The van der Waals surface area contributed by atoms with Crippen LogP contribution in [0.5, 0.6) is 0 Å². The zero-order chi connectivity index (χ0) is 15.2. The normalized spacial score (nSPS) is 12.8. The maximum atomic E-state index is 11.2. The van der Waals surface area contributed by atoms with Crippen molar-refractivity contribution in [1.82, 2.24) is 0 Å². The van der Waals surface area contributed by atoms with Gasteiger partial charge in [0.1, 0.15) is 0 Å². The first-order chi connectivity index (χ1) is 9.57. The lowest BCUT2D eigenvalue weighted by molar-refractivity contribution is -0.141. The number of hydrogen-bond acceptors (Lipinski definition) is 2. The van der Waals surface area contributed by atoms with Gasteiger partial charge in [0.05, 0.1) is 5.92 Å². The number of thioether (sulfide) groups is 1. The van der Waals surface area contributed by atoms with Crippen LogP contribution in [0.1, 0.15) is 78.6 Å². The quantitative estimate of drug-likeness (QED) is 0.424. The highest BCUT2D eigenvalue weighted by molar-refractivity contribution is 7.99. The molecule has 0 aromatic heterocycles. The van der Waals surface area contributed by atoms with Gasteiger partial charge < -0.3 is 5.11 Å². The molecule has 0 aliphatic heterocycles. The fraction of sp³-hybridized carbons (Fsp3) is 0.941. The van der Waals surface area contributed by atoms with Gasteiger partial charge in [-0.3, -0.25) is 4.79 Å². The maximum absolute atomic E-state index is 11.2. The minimum Gasteiger partial charge on any atom is -0.481 e. The minimum atomic E-state index is -0.602. The predicted molar refractivity (Wildman–Crippen MR) is 90.5 cm³/mol. The number of aliphatic carboxylic acids is 1. The van der Waals surface area contributed by atoms with Crippen LogP contribution in [0.2, 0.25) is 0 Å². The monoisotopic (exact) mass is 302 g/mol. The highest BCUT2D eigenvalue weighted by Gasteiger charge is 2.16. The molecule has 20 heavy (non-hydrogen) atoms. The van der Waals surface area contributed by atoms with Crippen LogP contribution in [0.25, 0.3) is 0 Å². The highest BCUT2D eigenvalue weighted by atomic mass is 32.2. The second-order valence-electron chi connectivity index (χ2n) is 6.20. The van der Waals surface area contributed by atoms with Crippen molar-refractivity contribution in [3.8, 4) is 0 Å². The Morgan fingerprint density at radius 1 is 1.00 bits per heavy atom. The highest BCUT2D eigenvalue weighted by Crippen LogP contribution is 2.19.